The van der Waals surface area contributed by atoms with Crippen molar-refractivity contribution in [2.24, 2.45) is 0 Å². The number of H-pyrrole nitrogens is 1. The van der Waals surface area contributed by atoms with E-state index in [4.69, 9.17) is 4.74 Å². The lowest BCUT2D eigenvalue weighted by Gasteiger charge is -2.02. The van der Waals surface area contributed by atoms with Gasteiger partial charge in [-0.05, 0) is 17.4 Å². The van der Waals surface area contributed by atoms with Gasteiger partial charge in [0, 0.05) is 0 Å². The van der Waals surface area contributed by atoms with E-state index in [0.717, 1.165) is 0 Å². The Kier molecular flexibility index (Phi) is 3.56. The highest BCUT2D eigenvalue weighted by atomic mass is 16.6. The van der Waals surface area contributed by atoms with Crippen LogP contribution in [-0.4, -0.2) is 27.7 Å². The topological polar surface area (TPSA) is 98.1 Å². The number of aromatic nitrogens is 2. The molecule has 0 aliphatic rings. The molecule has 1 aromatic heterocycles. The minimum atomic E-state index is -0.689. The molecule has 19 heavy (non-hydrogen) atoms. The van der Waals surface area contributed by atoms with Crippen LogP contribution >= 0.6 is 0 Å². The van der Waals surface area contributed by atoms with Gasteiger partial charge in [0.05, 0.1) is 6.61 Å². The van der Waals surface area contributed by atoms with Crippen LogP contribution in [0.25, 0.3) is 11.1 Å². The number of esters is 1. The van der Waals surface area contributed by atoms with Crippen LogP contribution in [0.2, 0.25) is 0 Å². The molecule has 1 aromatic carbocycles. The average Bonchev–Trinajstić information content (AvgIpc) is 2.85. The highest BCUT2D eigenvalue weighted by Crippen LogP contribution is 2.31. The first-order chi connectivity index (χ1) is 9.15. The van der Waals surface area contributed by atoms with Crippen molar-refractivity contribution in [2.45, 2.75) is 6.92 Å². The van der Waals surface area contributed by atoms with E-state index in [0.29, 0.717) is 5.56 Å². The molecule has 0 aliphatic carbocycles. The standard InChI is InChI=1S/C12H11N3O4/c1-2-19-12(16)10-9(8-6-4-3-5-7-8)11(14-13-10)15(17)18/h3-7H,2H2,1H3,(H,13,14). The van der Waals surface area contributed by atoms with E-state index in [-0.39, 0.29) is 23.7 Å². The molecule has 2 rings (SSSR count). The third-order valence-electron chi connectivity index (χ3n) is 2.46. The smallest absolute Gasteiger partial charge is 0.361 e. The second-order valence-corrected chi connectivity index (χ2v) is 3.64. The number of rotatable bonds is 4. The molecule has 1 N–H and O–H groups in total. The number of nitrogens with zero attached hydrogens (tertiary/aromatic N) is 2. The zero-order chi connectivity index (χ0) is 13.8. The lowest BCUT2D eigenvalue weighted by Crippen LogP contribution is -2.06. The zero-order valence-corrected chi connectivity index (χ0v) is 10.1. The van der Waals surface area contributed by atoms with Gasteiger partial charge in [0.15, 0.2) is 0 Å². The molecule has 0 unspecified atom stereocenters. The van der Waals surface area contributed by atoms with Crippen molar-refractivity contribution in [1.29, 1.82) is 0 Å². The van der Waals surface area contributed by atoms with Crippen molar-refractivity contribution in [2.75, 3.05) is 6.61 Å². The van der Waals surface area contributed by atoms with E-state index in [1.54, 1.807) is 37.3 Å². The molecule has 0 fully saturated rings. The molecular weight excluding hydrogens is 250 g/mol. The molecule has 0 saturated carbocycles. The van der Waals surface area contributed by atoms with Gasteiger partial charge in [-0.1, -0.05) is 35.4 Å². The summed E-state index contributed by atoms with van der Waals surface area (Å²) in [5.41, 5.74) is 0.592. The van der Waals surface area contributed by atoms with Crippen LogP contribution in [0, 0.1) is 10.1 Å². The molecule has 0 spiro atoms. The number of carbonyl (C=O) groups is 1. The van der Waals surface area contributed by atoms with Crippen molar-refractivity contribution < 1.29 is 14.5 Å². The number of nitrogens with one attached hydrogen (secondary N) is 1. The van der Waals surface area contributed by atoms with E-state index < -0.39 is 10.9 Å². The summed E-state index contributed by atoms with van der Waals surface area (Å²) in [6.45, 7) is 1.83. The maximum atomic E-state index is 11.7. The Morgan fingerprint density at radius 1 is 1.42 bits per heavy atom. The van der Waals surface area contributed by atoms with Crippen LogP contribution in [0.3, 0.4) is 0 Å². The summed E-state index contributed by atoms with van der Waals surface area (Å²) < 4.78 is 4.84. The predicted octanol–water partition coefficient (Wildman–Crippen LogP) is 2.16. The fourth-order valence-corrected chi connectivity index (χ4v) is 1.69. The SMILES string of the molecule is CCOC(=O)c1n[nH]c([N+](=O)[O-])c1-c1ccccc1. The van der Waals surface area contributed by atoms with Crippen molar-refractivity contribution in [1.82, 2.24) is 10.2 Å². The molecule has 0 atom stereocenters. The Bertz CT molecular complexity index is 607. The molecular formula is C12H11N3O4. The van der Waals surface area contributed by atoms with Gasteiger partial charge < -0.3 is 14.9 Å². The molecule has 0 bridgehead atoms. The Balaban J connectivity index is 2.58. The highest BCUT2D eigenvalue weighted by molar-refractivity contribution is 5.97. The molecule has 0 saturated heterocycles. The monoisotopic (exact) mass is 261 g/mol. The van der Waals surface area contributed by atoms with Gasteiger partial charge in [-0.15, -0.1) is 5.10 Å². The van der Waals surface area contributed by atoms with Gasteiger partial charge in [0.2, 0.25) is 5.69 Å². The lowest BCUT2D eigenvalue weighted by molar-refractivity contribution is -0.388. The Labute approximate surface area is 108 Å². The van der Waals surface area contributed by atoms with Crippen molar-refractivity contribution >= 4 is 11.8 Å². The second kappa shape index (κ2) is 5.30. The first-order valence-electron chi connectivity index (χ1n) is 5.60. The maximum absolute atomic E-state index is 11.7. The van der Waals surface area contributed by atoms with Crippen LogP contribution < -0.4 is 0 Å². The van der Waals surface area contributed by atoms with Gasteiger partial charge in [0.1, 0.15) is 5.56 Å². The third-order valence-corrected chi connectivity index (χ3v) is 2.46. The number of aromatic amines is 1. The quantitative estimate of drug-likeness (QED) is 0.516. The van der Waals surface area contributed by atoms with Gasteiger partial charge in [-0.25, -0.2) is 4.79 Å². The van der Waals surface area contributed by atoms with Crippen LogP contribution in [0.1, 0.15) is 17.4 Å². The maximum Gasteiger partial charge on any atom is 0.361 e. The number of hydrogen-bond acceptors (Lipinski definition) is 5. The van der Waals surface area contributed by atoms with E-state index in [9.17, 15) is 14.9 Å². The number of hydrogen-bond donors (Lipinski definition) is 1. The highest BCUT2D eigenvalue weighted by Gasteiger charge is 2.28. The first kappa shape index (κ1) is 12.7. The average molecular weight is 261 g/mol. The molecule has 0 amide bonds. The summed E-state index contributed by atoms with van der Waals surface area (Å²) in [5, 5.41) is 16.9. The fourth-order valence-electron chi connectivity index (χ4n) is 1.69. The molecule has 2 aromatic rings. The summed E-state index contributed by atoms with van der Waals surface area (Å²) in [5.74, 6) is -1.01. The lowest BCUT2D eigenvalue weighted by atomic mass is 10.1. The Hall–Kier alpha value is -2.70. The normalized spacial score (nSPS) is 10.2. The summed E-state index contributed by atoms with van der Waals surface area (Å²) in [6.07, 6.45) is 0. The van der Waals surface area contributed by atoms with Crippen molar-refractivity contribution in [3.8, 4) is 11.1 Å². The fraction of sp³-hybridized carbons (Fsp3) is 0.167. The largest absolute Gasteiger partial charge is 0.461 e. The van der Waals surface area contributed by atoms with Crippen LogP contribution in [0.4, 0.5) is 5.82 Å². The summed E-state index contributed by atoms with van der Waals surface area (Å²) in [7, 11) is 0. The van der Waals surface area contributed by atoms with Crippen LogP contribution in [-0.2, 0) is 4.74 Å². The summed E-state index contributed by atoms with van der Waals surface area (Å²) >= 11 is 0. The van der Waals surface area contributed by atoms with E-state index in [1.165, 1.54) is 0 Å². The predicted molar refractivity (Wildman–Crippen MR) is 66.6 cm³/mol. The van der Waals surface area contributed by atoms with Gasteiger partial charge in [-0.3, -0.25) is 0 Å². The minimum absolute atomic E-state index is 0.0836. The number of benzene rings is 1. The van der Waals surface area contributed by atoms with Gasteiger partial charge in [0.25, 0.3) is 0 Å². The molecule has 7 nitrogen and oxygen atoms in total. The Morgan fingerprint density at radius 3 is 2.68 bits per heavy atom. The summed E-state index contributed by atoms with van der Waals surface area (Å²) in [4.78, 5) is 22.1. The third kappa shape index (κ3) is 2.44. The van der Waals surface area contributed by atoms with E-state index in [2.05, 4.69) is 10.2 Å². The van der Waals surface area contributed by atoms with E-state index in [1.807, 2.05) is 0 Å². The van der Waals surface area contributed by atoms with Gasteiger partial charge in [-0.2, -0.15) is 0 Å². The number of nitro groups is 1. The molecule has 98 valence electrons. The molecule has 0 radical (unpaired) electrons. The zero-order valence-electron chi connectivity index (χ0n) is 10.1. The minimum Gasteiger partial charge on any atom is -0.461 e. The molecule has 7 heteroatoms. The van der Waals surface area contributed by atoms with Crippen LogP contribution in [0.15, 0.2) is 30.3 Å². The first-order valence-corrected chi connectivity index (χ1v) is 5.60. The van der Waals surface area contributed by atoms with Crippen LogP contribution in [0.5, 0.6) is 0 Å². The van der Waals surface area contributed by atoms with E-state index >= 15 is 0 Å². The van der Waals surface area contributed by atoms with Crippen molar-refractivity contribution in [3.05, 3.63) is 46.1 Å². The summed E-state index contributed by atoms with van der Waals surface area (Å²) in [6, 6.07) is 8.56. The van der Waals surface area contributed by atoms with Crippen molar-refractivity contribution in [3.63, 3.8) is 0 Å². The number of ether oxygens (including phenoxy) is 1. The van der Waals surface area contributed by atoms with Gasteiger partial charge >= 0.3 is 11.8 Å². The molecule has 1 heterocycles. The molecule has 0 aliphatic heterocycles. The Morgan fingerprint density at radius 2 is 2.11 bits per heavy atom. The number of carbonyl (C=O) groups excluding carboxylic acids is 1. The second-order valence-electron chi connectivity index (χ2n) is 3.64.